The first kappa shape index (κ1) is 12.4. The van der Waals surface area contributed by atoms with E-state index in [1.54, 1.807) is 0 Å². The number of carbonyl (C=O) groups is 1. The molecule has 0 spiro atoms. The third kappa shape index (κ3) is 1.24. The van der Waals surface area contributed by atoms with Crippen LogP contribution in [0.3, 0.4) is 0 Å². The highest BCUT2D eigenvalue weighted by Crippen LogP contribution is 2.66. The van der Waals surface area contributed by atoms with Crippen molar-refractivity contribution in [2.24, 2.45) is 16.7 Å². The van der Waals surface area contributed by atoms with Gasteiger partial charge in [-0.2, -0.15) is 0 Å². The van der Waals surface area contributed by atoms with Crippen LogP contribution in [0.1, 0.15) is 46.5 Å². The Labute approximate surface area is 108 Å². The van der Waals surface area contributed by atoms with Crippen LogP contribution in [0.5, 0.6) is 0 Å². The standard InChI is InChI=1S/C15H22O3/c1-13(2)6-11-14(3)5-4-10(14)9(7-16)12(17)15(11,18)8-13/h11,16,18H,4-8H2,1-3H3/t11-,14+,15+/m1/s1. The average Bonchev–Trinajstić information content (AvgIpc) is 2.53. The molecule has 0 aromatic heterocycles. The molecule has 2 saturated carbocycles. The molecule has 0 aromatic rings. The summed E-state index contributed by atoms with van der Waals surface area (Å²) in [5, 5.41) is 20.4. The second kappa shape index (κ2) is 3.26. The number of ketones is 1. The maximum absolute atomic E-state index is 12.5. The van der Waals surface area contributed by atoms with Gasteiger partial charge in [0.05, 0.1) is 6.61 Å². The summed E-state index contributed by atoms with van der Waals surface area (Å²) in [7, 11) is 0. The zero-order valence-corrected chi connectivity index (χ0v) is 11.4. The SMILES string of the molecule is CC1(C)C[C@@H]2[C@@]3(C)CCC3=C(CO)C(=O)[C@]2(O)C1. The predicted octanol–water partition coefficient (Wildman–Crippen LogP) is 1.83. The molecule has 2 fully saturated rings. The lowest BCUT2D eigenvalue weighted by molar-refractivity contribution is -0.147. The van der Waals surface area contributed by atoms with Gasteiger partial charge in [0.2, 0.25) is 0 Å². The van der Waals surface area contributed by atoms with Gasteiger partial charge in [0, 0.05) is 11.5 Å². The fourth-order valence-corrected chi connectivity index (χ4v) is 4.73. The number of hydrogen-bond acceptors (Lipinski definition) is 3. The first-order valence-electron chi connectivity index (χ1n) is 6.85. The second-order valence-corrected chi connectivity index (χ2v) is 7.38. The summed E-state index contributed by atoms with van der Waals surface area (Å²) >= 11 is 0. The minimum absolute atomic E-state index is 0.00366. The van der Waals surface area contributed by atoms with Gasteiger partial charge in [0.25, 0.3) is 0 Å². The molecule has 0 heterocycles. The Morgan fingerprint density at radius 2 is 2.00 bits per heavy atom. The number of carbonyl (C=O) groups excluding carboxylic acids is 1. The maximum atomic E-state index is 12.5. The molecule has 3 rings (SSSR count). The predicted molar refractivity (Wildman–Crippen MR) is 67.9 cm³/mol. The van der Waals surface area contributed by atoms with Crippen molar-refractivity contribution >= 4 is 5.78 Å². The van der Waals surface area contributed by atoms with Crippen molar-refractivity contribution in [2.75, 3.05) is 6.61 Å². The fourth-order valence-electron chi connectivity index (χ4n) is 4.73. The highest BCUT2D eigenvalue weighted by atomic mass is 16.3. The zero-order chi connectivity index (χ0) is 13.3. The molecule has 3 aliphatic carbocycles. The highest BCUT2D eigenvalue weighted by molar-refractivity contribution is 6.05. The molecule has 0 saturated heterocycles. The number of fused-ring (bicyclic) bond motifs is 3. The molecule has 0 amide bonds. The lowest BCUT2D eigenvalue weighted by Gasteiger charge is -2.55. The van der Waals surface area contributed by atoms with Crippen LogP contribution in [-0.4, -0.2) is 28.2 Å². The van der Waals surface area contributed by atoms with Crippen LogP contribution in [0.2, 0.25) is 0 Å². The zero-order valence-electron chi connectivity index (χ0n) is 11.4. The fraction of sp³-hybridized carbons (Fsp3) is 0.800. The van der Waals surface area contributed by atoms with E-state index in [0.717, 1.165) is 24.8 Å². The Bertz CT molecular complexity index is 462. The molecule has 100 valence electrons. The van der Waals surface area contributed by atoms with Crippen LogP contribution in [0.4, 0.5) is 0 Å². The Kier molecular flexibility index (Phi) is 2.24. The number of allylic oxidation sites excluding steroid dienone is 1. The molecule has 0 unspecified atom stereocenters. The number of rotatable bonds is 1. The van der Waals surface area contributed by atoms with Gasteiger partial charge < -0.3 is 10.2 Å². The lowest BCUT2D eigenvalue weighted by atomic mass is 9.50. The van der Waals surface area contributed by atoms with E-state index in [0.29, 0.717) is 12.0 Å². The third-order valence-electron chi connectivity index (χ3n) is 5.62. The smallest absolute Gasteiger partial charge is 0.192 e. The molecular weight excluding hydrogens is 228 g/mol. The van der Waals surface area contributed by atoms with Gasteiger partial charge in [-0.3, -0.25) is 4.79 Å². The first-order chi connectivity index (χ1) is 8.24. The third-order valence-corrected chi connectivity index (χ3v) is 5.62. The highest BCUT2D eigenvalue weighted by Gasteiger charge is 2.66. The molecular formula is C15H22O3. The monoisotopic (exact) mass is 250 g/mol. The second-order valence-electron chi connectivity index (χ2n) is 7.38. The summed E-state index contributed by atoms with van der Waals surface area (Å²) in [4.78, 5) is 12.5. The van der Waals surface area contributed by atoms with E-state index in [2.05, 4.69) is 20.8 Å². The van der Waals surface area contributed by atoms with Crippen molar-refractivity contribution in [1.29, 1.82) is 0 Å². The molecule has 3 aliphatic rings. The Balaban J connectivity index is 2.15. The van der Waals surface area contributed by atoms with Crippen molar-refractivity contribution in [2.45, 2.75) is 52.1 Å². The quantitative estimate of drug-likeness (QED) is 0.746. The topological polar surface area (TPSA) is 57.5 Å². The number of aliphatic hydroxyl groups is 2. The summed E-state index contributed by atoms with van der Waals surface area (Å²) in [6.07, 6.45) is 3.36. The average molecular weight is 250 g/mol. The maximum Gasteiger partial charge on any atom is 0.192 e. The number of hydrogen-bond donors (Lipinski definition) is 2. The Morgan fingerprint density at radius 3 is 2.50 bits per heavy atom. The van der Waals surface area contributed by atoms with Gasteiger partial charge in [-0.15, -0.1) is 0 Å². The molecule has 2 N–H and O–H groups in total. The molecule has 18 heavy (non-hydrogen) atoms. The van der Waals surface area contributed by atoms with Crippen molar-refractivity contribution < 1.29 is 15.0 Å². The number of Topliss-reactive ketones (excluding diaryl/α,β-unsaturated/α-hetero) is 1. The van der Waals surface area contributed by atoms with E-state index in [1.807, 2.05) is 0 Å². The minimum Gasteiger partial charge on any atom is -0.392 e. The summed E-state index contributed by atoms with van der Waals surface area (Å²) in [5.41, 5.74) is 0.320. The van der Waals surface area contributed by atoms with Gasteiger partial charge in [-0.1, -0.05) is 26.3 Å². The summed E-state index contributed by atoms with van der Waals surface area (Å²) in [6.45, 7) is 6.18. The molecule has 3 nitrogen and oxygen atoms in total. The van der Waals surface area contributed by atoms with E-state index < -0.39 is 5.60 Å². The molecule has 3 heteroatoms. The van der Waals surface area contributed by atoms with Crippen molar-refractivity contribution in [3.05, 3.63) is 11.1 Å². The van der Waals surface area contributed by atoms with Gasteiger partial charge >= 0.3 is 0 Å². The van der Waals surface area contributed by atoms with Crippen LogP contribution in [0.25, 0.3) is 0 Å². The van der Waals surface area contributed by atoms with Crippen LogP contribution in [-0.2, 0) is 4.79 Å². The van der Waals surface area contributed by atoms with Gasteiger partial charge in [-0.25, -0.2) is 0 Å². The largest absolute Gasteiger partial charge is 0.392 e. The van der Waals surface area contributed by atoms with Crippen molar-refractivity contribution in [1.82, 2.24) is 0 Å². The van der Waals surface area contributed by atoms with E-state index >= 15 is 0 Å². The molecule has 0 bridgehead atoms. The van der Waals surface area contributed by atoms with Crippen LogP contribution in [0, 0.1) is 16.7 Å². The van der Waals surface area contributed by atoms with Crippen LogP contribution >= 0.6 is 0 Å². The minimum atomic E-state index is -1.24. The first-order valence-corrected chi connectivity index (χ1v) is 6.85. The Hall–Kier alpha value is -0.670. The van der Waals surface area contributed by atoms with Crippen LogP contribution < -0.4 is 0 Å². The van der Waals surface area contributed by atoms with E-state index in [9.17, 15) is 15.0 Å². The molecule has 0 radical (unpaired) electrons. The summed E-state index contributed by atoms with van der Waals surface area (Å²) < 4.78 is 0. The molecule has 0 aliphatic heterocycles. The number of aliphatic hydroxyl groups excluding tert-OH is 1. The normalized spacial score (nSPS) is 45.6. The summed E-state index contributed by atoms with van der Waals surface area (Å²) in [5.74, 6) is -0.167. The Morgan fingerprint density at radius 1 is 1.33 bits per heavy atom. The summed E-state index contributed by atoms with van der Waals surface area (Å²) in [6, 6.07) is 0. The van der Waals surface area contributed by atoms with E-state index in [1.165, 1.54) is 0 Å². The molecule has 3 atom stereocenters. The van der Waals surface area contributed by atoms with Crippen LogP contribution in [0.15, 0.2) is 11.1 Å². The molecule has 0 aromatic carbocycles. The van der Waals surface area contributed by atoms with Gasteiger partial charge in [-0.05, 0) is 36.5 Å². The van der Waals surface area contributed by atoms with E-state index in [-0.39, 0.29) is 29.1 Å². The van der Waals surface area contributed by atoms with Gasteiger partial charge in [0.1, 0.15) is 5.60 Å². The van der Waals surface area contributed by atoms with E-state index in [4.69, 9.17) is 0 Å². The van der Waals surface area contributed by atoms with Crippen molar-refractivity contribution in [3.63, 3.8) is 0 Å². The van der Waals surface area contributed by atoms with Crippen molar-refractivity contribution in [3.8, 4) is 0 Å². The van der Waals surface area contributed by atoms with Gasteiger partial charge in [0.15, 0.2) is 5.78 Å². The lowest BCUT2D eigenvalue weighted by Crippen LogP contribution is -2.57.